The van der Waals surface area contributed by atoms with Crippen LogP contribution in [0, 0.1) is 13.8 Å². The molecule has 0 aliphatic carbocycles. The van der Waals surface area contributed by atoms with Crippen LogP contribution in [0.4, 0.5) is 15.3 Å². The van der Waals surface area contributed by atoms with E-state index >= 15 is 0 Å². The third-order valence-corrected chi connectivity index (χ3v) is 5.22. The summed E-state index contributed by atoms with van der Waals surface area (Å²) < 4.78 is 2.31. The molecule has 1 aromatic carbocycles. The van der Waals surface area contributed by atoms with Gasteiger partial charge in [-0.2, -0.15) is 0 Å². The zero-order valence-corrected chi connectivity index (χ0v) is 20.6. The summed E-state index contributed by atoms with van der Waals surface area (Å²) in [6, 6.07) is 5.43. The van der Waals surface area contributed by atoms with Gasteiger partial charge >= 0.3 is 12.1 Å². The van der Waals surface area contributed by atoms with E-state index in [-0.39, 0.29) is 11.0 Å². The van der Waals surface area contributed by atoms with Gasteiger partial charge in [-0.3, -0.25) is 18.8 Å². The number of carbonyl (C=O) groups is 3. The normalized spacial score (nSPS) is 11.3. The van der Waals surface area contributed by atoms with Gasteiger partial charge in [0.15, 0.2) is 0 Å². The first-order valence-electron chi connectivity index (χ1n) is 9.06. The van der Waals surface area contributed by atoms with Gasteiger partial charge in [-0.05, 0) is 31.7 Å². The summed E-state index contributed by atoms with van der Waals surface area (Å²) >= 11 is 1.87. The molecule has 0 fully saturated rings. The predicted molar refractivity (Wildman–Crippen MR) is 126 cm³/mol. The third kappa shape index (κ3) is 8.13. The van der Waals surface area contributed by atoms with Gasteiger partial charge in [-0.15, -0.1) is 11.8 Å². The van der Waals surface area contributed by atoms with Crippen LogP contribution in [0.2, 0.25) is 0 Å². The molecule has 0 aromatic heterocycles. The highest BCUT2D eigenvalue weighted by atomic mass is 32.2. The van der Waals surface area contributed by atoms with E-state index in [1.807, 2.05) is 32.0 Å². The van der Waals surface area contributed by atoms with Crippen molar-refractivity contribution in [1.29, 1.82) is 0 Å². The molecule has 170 valence electrons. The highest BCUT2D eigenvalue weighted by Crippen LogP contribution is 2.19. The predicted octanol–water partition coefficient (Wildman–Crippen LogP) is 3.34. The lowest BCUT2D eigenvalue weighted by Gasteiger charge is -2.23. The number of thioether (sulfide) groups is 1. The molecular weight excluding hydrogens is 440 g/mol. The first kappa shape index (κ1) is 26.3. The number of carbonyl (C=O) groups excluding carboxylic acids is 3. The fraction of sp³-hybridized carbons (Fsp3) is 0.421. The van der Waals surface area contributed by atoms with Crippen molar-refractivity contribution in [2.24, 2.45) is 10.1 Å². The van der Waals surface area contributed by atoms with Crippen LogP contribution < -0.4 is 0 Å². The lowest BCUT2D eigenvalue weighted by Crippen LogP contribution is -2.37. The molecule has 31 heavy (non-hydrogen) atoms. The van der Waals surface area contributed by atoms with Crippen molar-refractivity contribution in [2.45, 2.75) is 13.8 Å². The summed E-state index contributed by atoms with van der Waals surface area (Å²) in [6.07, 6.45) is 2.22. The molecule has 0 saturated carbocycles. The number of rotatable bonds is 5. The van der Waals surface area contributed by atoms with Gasteiger partial charge in [0.2, 0.25) is 5.04 Å². The monoisotopic (exact) mass is 468 g/mol. The lowest BCUT2D eigenvalue weighted by atomic mass is 10.1. The van der Waals surface area contributed by atoms with E-state index in [1.165, 1.54) is 34.5 Å². The molecule has 1 rings (SSSR count). The van der Waals surface area contributed by atoms with Crippen LogP contribution in [0.3, 0.4) is 0 Å². The zero-order valence-electron chi connectivity index (χ0n) is 18.9. The van der Waals surface area contributed by atoms with Crippen LogP contribution in [-0.2, 0) is 9.63 Å². The fourth-order valence-electron chi connectivity index (χ4n) is 2.12. The standard InChI is InChI=1S/C19H28N6O4S2/c1-13-9-10-15(14(2)11-13)20-12-23(5)18(27)24(6)31-25(7)19(28)29-21-16(30-8)17(26)22(3)4/h9-12H,1-8H3. The van der Waals surface area contributed by atoms with E-state index in [4.69, 9.17) is 4.84 Å². The van der Waals surface area contributed by atoms with Crippen molar-refractivity contribution in [3.8, 4) is 0 Å². The molecule has 1 aromatic rings. The van der Waals surface area contributed by atoms with Crippen molar-refractivity contribution >= 4 is 59.0 Å². The lowest BCUT2D eigenvalue weighted by molar-refractivity contribution is -0.121. The Bertz CT molecular complexity index is 875. The molecule has 0 bridgehead atoms. The van der Waals surface area contributed by atoms with Crippen molar-refractivity contribution in [1.82, 2.24) is 18.4 Å². The number of aliphatic imine (C=N–C) groups is 1. The van der Waals surface area contributed by atoms with Crippen LogP contribution >= 0.6 is 23.9 Å². The smallest absolute Gasteiger partial charge is 0.343 e. The second kappa shape index (κ2) is 12.2. The number of hydrogen-bond donors (Lipinski definition) is 0. The number of urea groups is 1. The summed E-state index contributed by atoms with van der Waals surface area (Å²) in [6.45, 7) is 3.94. The van der Waals surface area contributed by atoms with E-state index in [0.29, 0.717) is 0 Å². The Balaban J connectivity index is 2.68. The minimum atomic E-state index is -0.839. The largest absolute Gasteiger partial charge is 0.447 e. The number of nitrogens with zero attached hydrogens (tertiary/aromatic N) is 6. The van der Waals surface area contributed by atoms with Crippen molar-refractivity contribution in [3.63, 3.8) is 0 Å². The Hall–Kier alpha value is -2.73. The first-order chi connectivity index (χ1) is 14.5. The van der Waals surface area contributed by atoms with Gasteiger partial charge in [0, 0.05) is 35.2 Å². The Labute approximate surface area is 191 Å². The van der Waals surface area contributed by atoms with E-state index in [1.54, 1.807) is 27.4 Å². The van der Waals surface area contributed by atoms with E-state index in [0.717, 1.165) is 45.0 Å². The Kier molecular flexibility index (Phi) is 10.4. The molecule has 0 aliphatic rings. The molecule has 0 atom stereocenters. The van der Waals surface area contributed by atoms with Gasteiger partial charge in [0.05, 0.1) is 24.2 Å². The molecule has 0 heterocycles. The van der Waals surface area contributed by atoms with Crippen molar-refractivity contribution < 1.29 is 19.2 Å². The molecule has 12 heteroatoms. The summed E-state index contributed by atoms with van der Waals surface area (Å²) in [7, 11) is 7.62. The molecule has 0 N–H and O–H groups in total. The van der Waals surface area contributed by atoms with Gasteiger partial charge < -0.3 is 4.90 Å². The Morgan fingerprint density at radius 2 is 1.68 bits per heavy atom. The van der Waals surface area contributed by atoms with Crippen molar-refractivity contribution in [2.75, 3.05) is 41.5 Å². The SMILES string of the molecule is CSC(=NOC(=O)N(C)SN(C)C(=O)N(C)C=Nc1ccc(C)cc1C)C(=O)N(C)C. The molecule has 0 unspecified atom stereocenters. The highest BCUT2D eigenvalue weighted by molar-refractivity contribution is 8.15. The maximum Gasteiger partial charge on any atom is 0.447 e. The molecule has 10 nitrogen and oxygen atoms in total. The maximum atomic E-state index is 12.5. The van der Waals surface area contributed by atoms with Crippen LogP contribution in [0.1, 0.15) is 11.1 Å². The van der Waals surface area contributed by atoms with E-state index in [9.17, 15) is 14.4 Å². The Morgan fingerprint density at radius 1 is 1.03 bits per heavy atom. The highest BCUT2D eigenvalue weighted by Gasteiger charge is 2.21. The fourth-order valence-corrected chi connectivity index (χ4v) is 3.25. The summed E-state index contributed by atoms with van der Waals surface area (Å²) in [5, 5.41) is 3.63. The number of hydrogen-bond acceptors (Lipinski definition) is 8. The van der Waals surface area contributed by atoms with Crippen molar-refractivity contribution in [3.05, 3.63) is 29.3 Å². The topological polar surface area (TPSA) is 98.1 Å². The number of oxime groups is 1. The first-order valence-corrected chi connectivity index (χ1v) is 11.0. The van der Waals surface area contributed by atoms with Crippen LogP contribution in [-0.4, -0.2) is 89.3 Å². The number of aryl methyl sites for hydroxylation is 2. The summed E-state index contributed by atoms with van der Waals surface area (Å²) in [5.41, 5.74) is 2.89. The third-order valence-electron chi connectivity index (χ3n) is 3.78. The molecular formula is C19H28N6O4S2. The minimum absolute atomic E-state index is 0.0310. The molecule has 0 saturated heterocycles. The molecule has 0 radical (unpaired) electrons. The molecule has 0 spiro atoms. The minimum Gasteiger partial charge on any atom is -0.343 e. The average Bonchev–Trinajstić information content (AvgIpc) is 2.72. The van der Waals surface area contributed by atoms with Crippen LogP contribution in [0.15, 0.2) is 28.3 Å². The van der Waals surface area contributed by atoms with E-state index < -0.39 is 12.1 Å². The molecule has 0 aliphatic heterocycles. The van der Waals surface area contributed by atoms with Gasteiger partial charge in [-0.25, -0.2) is 18.9 Å². The van der Waals surface area contributed by atoms with Crippen LogP contribution in [0.25, 0.3) is 0 Å². The van der Waals surface area contributed by atoms with Crippen LogP contribution in [0.5, 0.6) is 0 Å². The summed E-state index contributed by atoms with van der Waals surface area (Å²) in [4.78, 5) is 48.3. The quantitative estimate of drug-likeness (QED) is 0.216. The maximum absolute atomic E-state index is 12.5. The van der Waals surface area contributed by atoms with Gasteiger partial charge in [-0.1, -0.05) is 22.9 Å². The number of amides is 4. The average molecular weight is 469 g/mol. The molecule has 4 amide bonds. The second-order valence-corrected chi connectivity index (χ2v) is 8.72. The van der Waals surface area contributed by atoms with Gasteiger partial charge in [0.25, 0.3) is 5.91 Å². The second-order valence-electron chi connectivity index (χ2n) is 6.66. The zero-order chi connectivity index (χ0) is 23.7. The Morgan fingerprint density at radius 3 is 2.23 bits per heavy atom. The summed E-state index contributed by atoms with van der Waals surface area (Å²) in [5.74, 6) is -0.382. The van der Waals surface area contributed by atoms with Gasteiger partial charge in [0.1, 0.15) is 0 Å². The van der Waals surface area contributed by atoms with E-state index in [2.05, 4.69) is 10.1 Å². The number of benzene rings is 1.